The van der Waals surface area contributed by atoms with Crippen LogP contribution in [0.25, 0.3) is 0 Å². The summed E-state index contributed by atoms with van der Waals surface area (Å²) < 4.78 is 1.99. The van der Waals surface area contributed by atoms with Crippen LogP contribution in [-0.2, 0) is 7.05 Å². The van der Waals surface area contributed by atoms with Crippen LogP contribution in [0.3, 0.4) is 0 Å². The van der Waals surface area contributed by atoms with E-state index in [9.17, 15) is 0 Å². The summed E-state index contributed by atoms with van der Waals surface area (Å²) in [4.78, 5) is 0. The van der Waals surface area contributed by atoms with E-state index in [-0.39, 0.29) is 0 Å². The van der Waals surface area contributed by atoms with Crippen LogP contribution in [0.2, 0.25) is 0 Å². The van der Waals surface area contributed by atoms with Crippen LogP contribution >= 0.6 is 0 Å². The second-order valence-electron chi connectivity index (χ2n) is 3.52. The highest BCUT2D eigenvalue weighted by atomic mass is 15.3. The predicted molar refractivity (Wildman–Crippen MR) is 57.3 cm³/mol. The largest absolute Gasteiger partial charge is 0.357 e. The molecule has 1 aromatic heterocycles. The van der Waals surface area contributed by atoms with Crippen molar-refractivity contribution in [3.05, 3.63) is 5.82 Å². The van der Waals surface area contributed by atoms with Gasteiger partial charge in [0.1, 0.15) is 5.82 Å². The Hall–Kier alpha value is -1.10. The van der Waals surface area contributed by atoms with Crippen LogP contribution in [0, 0.1) is 0 Å². The number of aromatic nitrogens is 3. The third-order valence-corrected chi connectivity index (χ3v) is 2.41. The zero-order chi connectivity index (χ0) is 10.6. The van der Waals surface area contributed by atoms with Gasteiger partial charge in [-0.1, -0.05) is 6.92 Å². The number of hydrogen-bond donors (Lipinski definition) is 2. The Morgan fingerprint density at radius 3 is 2.71 bits per heavy atom. The van der Waals surface area contributed by atoms with Crippen LogP contribution in [-0.4, -0.2) is 28.4 Å². The molecule has 14 heavy (non-hydrogen) atoms. The molecule has 0 saturated carbocycles. The summed E-state index contributed by atoms with van der Waals surface area (Å²) in [6.45, 7) is 2.89. The van der Waals surface area contributed by atoms with E-state index >= 15 is 0 Å². The summed E-state index contributed by atoms with van der Waals surface area (Å²) in [5.74, 6) is 2.24. The van der Waals surface area contributed by atoms with Crippen molar-refractivity contribution in [2.45, 2.75) is 25.7 Å². The second kappa shape index (κ2) is 4.95. The van der Waals surface area contributed by atoms with Crippen LogP contribution in [0.5, 0.6) is 0 Å². The maximum absolute atomic E-state index is 5.47. The van der Waals surface area contributed by atoms with Crippen molar-refractivity contribution in [3.63, 3.8) is 0 Å². The van der Waals surface area contributed by atoms with E-state index in [0.29, 0.717) is 5.92 Å². The van der Waals surface area contributed by atoms with Crippen LogP contribution < -0.4 is 11.1 Å². The maximum Gasteiger partial charge on any atom is 0.224 e. The third kappa shape index (κ3) is 2.23. The molecule has 0 spiro atoms. The molecule has 1 heterocycles. The second-order valence-corrected chi connectivity index (χ2v) is 3.52. The minimum atomic E-state index is 0.415. The first kappa shape index (κ1) is 11.0. The van der Waals surface area contributed by atoms with Crippen molar-refractivity contribution in [1.29, 1.82) is 0 Å². The maximum atomic E-state index is 5.47. The molecule has 0 radical (unpaired) electrons. The molecular formula is C9H19N5. The molecule has 0 bridgehead atoms. The lowest BCUT2D eigenvalue weighted by molar-refractivity contribution is 0.587. The van der Waals surface area contributed by atoms with Crippen molar-refractivity contribution in [1.82, 2.24) is 14.8 Å². The van der Waals surface area contributed by atoms with Gasteiger partial charge >= 0.3 is 0 Å². The lowest BCUT2D eigenvalue weighted by Crippen LogP contribution is -2.07. The summed E-state index contributed by atoms with van der Waals surface area (Å²) in [5, 5.41) is 11.2. The Balaban J connectivity index is 2.69. The van der Waals surface area contributed by atoms with E-state index in [1.807, 2.05) is 18.7 Å². The minimum absolute atomic E-state index is 0.415. The molecule has 0 aromatic carbocycles. The molecule has 0 fully saturated rings. The Morgan fingerprint density at radius 1 is 1.50 bits per heavy atom. The van der Waals surface area contributed by atoms with Gasteiger partial charge in [-0.05, 0) is 19.4 Å². The quantitative estimate of drug-likeness (QED) is 0.729. The Labute approximate surface area is 84.7 Å². The zero-order valence-electron chi connectivity index (χ0n) is 9.12. The Kier molecular flexibility index (Phi) is 3.88. The fraction of sp³-hybridized carbons (Fsp3) is 0.778. The fourth-order valence-electron chi connectivity index (χ4n) is 1.54. The highest BCUT2D eigenvalue weighted by Gasteiger charge is 2.13. The van der Waals surface area contributed by atoms with Gasteiger partial charge in [0.25, 0.3) is 0 Å². The monoisotopic (exact) mass is 197 g/mol. The van der Waals surface area contributed by atoms with Crippen LogP contribution in [0.15, 0.2) is 0 Å². The van der Waals surface area contributed by atoms with Gasteiger partial charge < -0.3 is 15.6 Å². The molecule has 5 heteroatoms. The van der Waals surface area contributed by atoms with E-state index in [1.165, 1.54) is 0 Å². The standard InChI is InChI=1S/C9H19N5/c1-7(5-4-6-10)8-12-13-9(11-2)14(8)3/h7H,4-6,10H2,1-3H3,(H,11,13). The van der Waals surface area contributed by atoms with E-state index < -0.39 is 0 Å². The fourth-order valence-corrected chi connectivity index (χ4v) is 1.54. The lowest BCUT2D eigenvalue weighted by Gasteiger charge is -2.10. The summed E-state index contributed by atoms with van der Waals surface area (Å²) >= 11 is 0. The van der Waals surface area contributed by atoms with Crippen molar-refractivity contribution in [3.8, 4) is 0 Å². The van der Waals surface area contributed by atoms with E-state index in [1.54, 1.807) is 0 Å². The van der Waals surface area contributed by atoms with Gasteiger partial charge in [0.2, 0.25) is 5.95 Å². The van der Waals surface area contributed by atoms with Crippen LogP contribution in [0.4, 0.5) is 5.95 Å². The molecule has 0 aliphatic carbocycles. The van der Waals surface area contributed by atoms with Gasteiger partial charge in [0, 0.05) is 20.0 Å². The molecule has 5 nitrogen and oxygen atoms in total. The number of nitrogens with two attached hydrogens (primary N) is 1. The number of rotatable bonds is 5. The molecule has 0 aliphatic rings. The molecule has 1 atom stereocenters. The molecule has 0 saturated heterocycles. The van der Waals surface area contributed by atoms with Crippen molar-refractivity contribution in [2.75, 3.05) is 18.9 Å². The average Bonchev–Trinajstić information content (AvgIpc) is 2.56. The average molecular weight is 197 g/mol. The van der Waals surface area contributed by atoms with Gasteiger partial charge in [-0.2, -0.15) is 0 Å². The molecular weight excluding hydrogens is 178 g/mol. The first-order valence-corrected chi connectivity index (χ1v) is 4.97. The van der Waals surface area contributed by atoms with Crippen molar-refractivity contribution in [2.24, 2.45) is 12.8 Å². The van der Waals surface area contributed by atoms with E-state index in [4.69, 9.17) is 5.73 Å². The molecule has 1 unspecified atom stereocenters. The third-order valence-electron chi connectivity index (χ3n) is 2.41. The SMILES string of the molecule is CNc1nnc(C(C)CCCN)n1C. The Morgan fingerprint density at radius 2 is 2.21 bits per heavy atom. The van der Waals surface area contributed by atoms with E-state index in [2.05, 4.69) is 22.4 Å². The van der Waals surface area contributed by atoms with Gasteiger partial charge in [-0.25, -0.2) is 0 Å². The van der Waals surface area contributed by atoms with Gasteiger partial charge in [0.05, 0.1) is 0 Å². The molecule has 0 amide bonds. The summed E-state index contributed by atoms with van der Waals surface area (Å²) in [5.41, 5.74) is 5.47. The van der Waals surface area contributed by atoms with Crippen LogP contribution in [0.1, 0.15) is 31.5 Å². The topological polar surface area (TPSA) is 68.8 Å². The zero-order valence-corrected chi connectivity index (χ0v) is 9.12. The highest BCUT2D eigenvalue weighted by molar-refractivity contribution is 5.24. The van der Waals surface area contributed by atoms with Gasteiger partial charge in [-0.3, -0.25) is 0 Å². The first-order valence-electron chi connectivity index (χ1n) is 4.97. The van der Waals surface area contributed by atoms with Gasteiger partial charge in [-0.15, -0.1) is 10.2 Å². The van der Waals surface area contributed by atoms with Crippen molar-refractivity contribution >= 4 is 5.95 Å². The number of nitrogens with zero attached hydrogens (tertiary/aromatic N) is 3. The molecule has 0 aliphatic heterocycles. The summed E-state index contributed by atoms with van der Waals surface area (Å²) in [7, 11) is 3.82. The molecule has 3 N–H and O–H groups in total. The summed E-state index contributed by atoms with van der Waals surface area (Å²) in [6.07, 6.45) is 2.09. The molecule has 1 aromatic rings. The molecule has 80 valence electrons. The smallest absolute Gasteiger partial charge is 0.224 e. The normalized spacial score (nSPS) is 12.9. The van der Waals surface area contributed by atoms with E-state index in [0.717, 1.165) is 31.2 Å². The predicted octanol–water partition coefficient (Wildman–Crippen LogP) is 0.699. The number of hydrogen-bond acceptors (Lipinski definition) is 4. The lowest BCUT2D eigenvalue weighted by atomic mass is 10.1. The number of nitrogens with one attached hydrogen (secondary N) is 1. The number of anilines is 1. The first-order chi connectivity index (χ1) is 6.70. The molecule has 1 rings (SSSR count). The summed E-state index contributed by atoms with van der Waals surface area (Å²) in [6, 6.07) is 0. The van der Waals surface area contributed by atoms with Gasteiger partial charge in [0.15, 0.2) is 0 Å². The highest BCUT2D eigenvalue weighted by Crippen LogP contribution is 2.19. The van der Waals surface area contributed by atoms with Crippen molar-refractivity contribution < 1.29 is 0 Å². The minimum Gasteiger partial charge on any atom is -0.357 e. The Bertz CT molecular complexity index is 281.